The van der Waals surface area contributed by atoms with Crippen LogP contribution in [0.4, 0.5) is 0 Å². The fourth-order valence-electron chi connectivity index (χ4n) is 1.75. The highest BCUT2D eigenvalue weighted by molar-refractivity contribution is 6.30. The molecule has 1 aromatic rings. The van der Waals surface area contributed by atoms with E-state index < -0.39 is 0 Å². The van der Waals surface area contributed by atoms with Gasteiger partial charge in [0, 0.05) is 10.9 Å². The lowest BCUT2D eigenvalue weighted by Crippen LogP contribution is -2.25. The minimum absolute atomic E-state index is 0.109. The van der Waals surface area contributed by atoms with Gasteiger partial charge in [0.25, 0.3) is 5.91 Å². The predicted molar refractivity (Wildman–Crippen MR) is 67.7 cm³/mol. The number of halogens is 1. The molecule has 0 unspecified atom stereocenters. The van der Waals surface area contributed by atoms with Crippen molar-refractivity contribution >= 4 is 29.4 Å². The Balaban J connectivity index is 1.87. The van der Waals surface area contributed by atoms with Crippen molar-refractivity contribution in [1.82, 2.24) is 5.32 Å². The summed E-state index contributed by atoms with van der Waals surface area (Å²) in [6.45, 7) is 0. The van der Waals surface area contributed by atoms with Crippen LogP contribution in [-0.2, 0) is 4.79 Å². The van der Waals surface area contributed by atoms with Gasteiger partial charge in [0.2, 0.25) is 0 Å². The topological polar surface area (TPSA) is 41.5 Å². The molecule has 1 aromatic carbocycles. The molecule has 1 amide bonds. The molecule has 0 saturated heterocycles. The average Bonchev–Trinajstić information content (AvgIpc) is 3.09. The molecule has 2 aliphatic rings. The number of carbonyl (C=O) groups excluding carboxylic acids is 1. The molecule has 4 heteroatoms. The lowest BCUT2D eigenvalue weighted by Gasteiger charge is -1.95. The molecule has 0 aromatic heterocycles. The Bertz CT molecular complexity index is 527. The van der Waals surface area contributed by atoms with Gasteiger partial charge in [-0.2, -0.15) is 0 Å². The predicted octanol–water partition coefficient (Wildman–Crippen LogP) is 2.62. The molecular formula is C13H11ClN2O. The van der Waals surface area contributed by atoms with Crippen molar-refractivity contribution in [3.63, 3.8) is 0 Å². The fraction of sp³-hybridized carbons (Fsp3) is 0.231. The zero-order valence-electron chi connectivity index (χ0n) is 9.11. The van der Waals surface area contributed by atoms with Crippen LogP contribution in [0.2, 0.25) is 5.02 Å². The first-order valence-corrected chi connectivity index (χ1v) is 5.97. The molecule has 1 saturated carbocycles. The van der Waals surface area contributed by atoms with E-state index in [-0.39, 0.29) is 5.91 Å². The van der Waals surface area contributed by atoms with Crippen LogP contribution in [0.3, 0.4) is 0 Å². The van der Waals surface area contributed by atoms with Gasteiger partial charge in [-0.15, -0.1) is 0 Å². The maximum absolute atomic E-state index is 11.7. The molecule has 0 radical (unpaired) electrons. The monoisotopic (exact) mass is 246 g/mol. The van der Waals surface area contributed by atoms with E-state index in [0.717, 1.165) is 24.2 Å². The molecule has 3 rings (SSSR count). The highest BCUT2D eigenvalue weighted by atomic mass is 35.5. The number of carbonyl (C=O) groups is 1. The second kappa shape index (κ2) is 4.00. The zero-order valence-corrected chi connectivity index (χ0v) is 9.87. The third-order valence-corrected chi connectivity index (χ3v) is 3.10. The van der Waals surface area contributed by atoms with Crippen LogP contribution in [0.25, 0.3) is 6.08 Å². The summed E-state index contributed by atoms with van der Waals surface area (Å²) in [5, 5.41) is 3.50. The summed E-state index contributed by atoms with van der Waals surface area (Å²) in [5.41, 5.74) is 1.41. The maximum atomic E-state index is 11.7. The van der Waals surface area contributed by atoms with Gasteiger partial charge in [0.15, 0.2) is 0 Å². The number of nitrogens with one attached hydrogen (secondary N) is 1. The first-order valence-electron chi connectivity index (χ1n) is 5.59. The van der Waals surface area contributed by atoms with Crippen molar-refractivity contribution in [2.75, 3.05) is 0 Å². The number of nitrogens with zero attached hydrogens (tertiary/aromatic N) is 1. The number of hydrogen-bond donors (Lipinski definition) is 1. The van der Waals surface area contributed by atoms with Crippen molar-refractivity contribution in [1.29, 1.82) is 0 Å². The average molecular weight is 247 g/mol. The maximum Gasteiger partial charge on any atom is 0.275 e. The largest absolute Gasteiger partial charge is 0.308 e. The second-order valence-electron chi connectivity index (χ2n) is 4.31. The normalized spacial score (nSPS) is 21.6. The molecule has 1 heterocycles. The smallest absolute Gasteiger partial charge is 0.275 e. The minimum atomic E-state index is -0.109. The minimum Gasteiger partial charge on any atom is -0.308 e. The number of amidine groups is 1. The van der Waals surface area contributed by atoms with E-state index in [1.165, 1.54) is 0 Å². The first kappa shape index (κ1) is 10.5. The summed E-state index contributed by atoms with van der Waals surface area (Å²) < 4.78 is 0. The Morgan fingerprint density at radius 1 is 1.29 bits per heavy atom. The Morgan fingerprint density at radius 2 is 2.00 bits per heavy atom. The molecule has 0 bridgehead atoms. The van der Waals surface area contributed by atoms with Gasteiger partial charge in [-0.1, -0.05) is 23.7 Å². The van der Waals surface area contributed by atoms with Crippen molar-refractivity contribution in [3.05, 3.63) is 40.5 Å². The van der Waals surface area contributed by atoms with Gasteiger partial charge in [0.05, 0.1) is 0 Å². The molecule has 17 heavy (non-hydrogen) atoms. The first-order chi connectivity index (χ1) is 8.22. The standard InChI is InChI=1S/C13H11ClN2O/c14-10-5-1-8(2-6-10)7-11-13(17)16-12(15-11)9-3-4-9/h1-2,5-7,9H,3-4H2,(H,15,16,17)/b11-7-. The lowest BCUT2D eigenvalue weighted by molar-refractivity contribution is -0.115. The molecule has 86 valence electrons. The second-order valence-corrected chi connectivity index (χ2v) is 4.74. The number of hydrogen-bond acceptors (Lipinski definition) is 2. The summed E-state index contributed by atoms with van der Waals surface area (Å²) in [4.78, 5) is 16.0. The van der Waals surface area contributed by atoms with E-state index in [2.05, 4.69) is 10.3 Å². The SMILES string of the molecule is O=C1NC(C2CC2)=N/C1=C\c1ccc(Cl)cc1. The van der Waals surface area contributed by atoms with E-state index in [9.17, 15) is 4.79 Å². The summed E-state index contributed by atoms with van der Waals surface area (Å²) >= 11 is 5.80. The van der Waals surface area contributed by atoms with Crippen LogP contribution in [0.15, 0.2) is 35.0 Å². The van der Waals surface area contributed by atoms with E-state index in [1.807, 2.05) is 12.1 Å². The fourth-order valence-corrected chi connectivity index (χ4v) is 1.88. The molecule has 3 nitrogen and oxygen atoms in total. The van der Waals surface area contributed by atoms with E-state index in [4.69, 9.17) is 11.6 Å². The van der Waals surface area contributed by atoms with Crippen LogP contribution in [0.1, 0.15) is 18.4 Å². The Hall–Kier alpha value is -1.61. The number of benzene rings is 1. The lowest BCUT2D eigenvalue weighted by atomic mass is 10.2. The van der Waals surface area contributed by atoms with Crippen LogP contribution >= 0.6 is 11.6 Å². The van der Waals surface area contributed by atoms with Crippen LogP contribution in [0.5, 0.6) is 0 Å². The van der Waals surface area contributed by atoms with Crippen LogP contribution in [-0.4, -0.2) is 11.7 Å². The Morgan fingerprint density at radius 3 is 2.65 bits per heavy atom. The van der Waals surface area contributed by atoms with Crippen LogP contribution < -0.4 is 5.32 Å². The number of rotatable bonds is 2. The zero-order chi connectivity index (χ0) is 11.8. The number of aliphatic imine (C=N–C) groups is 1. The van der Waals surface area contributed by atoms with E-state index >= 15 is 0 Å². The van der Waals surface area contributed by atoms with E-state index in [0.29, 0.717) is 16.6 Å². The Kier molecular flexibility index (Phi) is 2.48. The van der Waals surface area contributed by atoms with Gasteiger partial charge in [-0.3, -0.25) is 4.79 Å². The van der Waals surface area contributed by atoms with Gasteiger partial charge >= 0.3 is 0 Å². The third kappa shape index (κ3) is 2.24. The molecule has 1 aliphatic carbocycles. The van der Waals surface area contributed by atoms with Crippen molar-refractivity contribution in [2.45, 2.75) is 12.8 Å². The van der Waals surface area contributed by atoms with E-state index in [1.54, 1.807) is 18.2 Å². The highest BCUT2D eigenvalue weighted by Crippen LogP contribution is 2.32. The third-order valence-electron chi connectivity index (χ3n) is 2.85. The van der Waals surface area contributed by atoms with Crippen molar-refractivity contribution in [3.8, 4) is 0 Å². The van der Waals surface area contributed by atoms with Crippen LogP contribution in [0, 0.1) is 5.92 Å². The molecule has 0 atom stereocenters. The van der Waals surface area contributed by atoms with Crippen molar-refractivity contribution in [2.24, 2.45) is 10.9 Å². The van der Waals surface area contributed by atoms with Gasteiger partial charge in [0.1, 0.15) is 11.5 Å². The molecule has 1 aliphatic heterocycles. The molecule has 1 N–H and O–H groups in total. The van der Waals surface area contributed by atoms with Gasteiger partial charge in [-0.05, 0) is 36.6 Å². The van der Waals surface area contributed by atoms with Gasteiger partial charge < -0.3 is 5.32 Å². The van der Waals surface area contributed by atoms with Crippen molar-refractivity contribution < 1.29 is 4.79 Å². The molecule has 1 fully saturated rings. The molecule has 0 spiro atoms. The summed E-state index contributed by atoms with van der Waals surface area (Å²) in [6, 6.07) is 7.33. The molecular weight excluding hydrogens is 236 g/mol. The van der Waals surface area contributed by atoms with Gasteiger partial charge in [-0.25, -0.2) is 4.99 Å². The summed E-state index contributed by atoms with van der Waals surface area (Å²) in [6.07, 6.45) is 4.04. The summed E-state index contributed by atoms with van der Waals surface area (Å²) in [5.74, 6) is 1.19. The summed E-state index contributed by atoms with van der Waals surface area (Å²) in [7, 11) is 0. The Labute approximate surface area is 104 Å². The highest BCUT2D eigenvalue weighted by Gasteiger charge is 2.33. The quantitative estimate of drug-likeness (QED) is 0.801. The number of amides is 1.